The number of halogens is 2. The van der Waals surface area contributed by atoms with Gasteiger partial charge in [-0.15, -0.1) is 10.2 Å². The van der Waals surface area contributed by atoms with Gasteiger partial charge in [-0.05, 0) is 40.2 Å². The van der Waals surface area contributed by atoms with Crippen LogP contribution in [0.5, 0.6) is 0 Å². The zero-order valence-corrected chi connectivity index (χ0v) is 16.5. The first-order valence-corrected chi connectivity index (χ1v) is 9.95. The molecule has 0 unspecified atom stereocenters. The van der Waals surface area contributed by atoms with Gasteiger partial charge in [0.15, 0.2) is 0 Å². The van der Waals surface area contributed by atoms with Gasteiger partial charge < -0.3 is 5.73 Å². The van der Waals surface area contributed by atoms with E-state index in [0.717, 1.165) is 4.47 Å². The van der Waals surface area contributed by atoms with Crippen LogP contribution in [0.1, 0.15) is 0 Å². The molecule has 9 heteroatoms. The summed E-state index contributed by atoms with van der Waals surface area (Å²) in [6, 6.07) is 13.2. The second-order valence-corrected chi connectivity index (χ2v) is 8.28. The lowest BCUT2D eigenvalue weighted by atomic mass is 10.1. The van der Waals surface area contributed by atoms with E-state index in [2.05, 4.69) is 42.1 Å². The van der Waals surface area contributed by atoms with E-state index in [4.69, 9.17) is 5.73 Å². The lowest BCUT2D eigenvalue weighted by molar-refractivity contribution is 0.484. The van der Waals surface area contributed by atoms with Gasteiger partial charge in [0.05, 0.1) is 11.4 Å². The van der Waals surface area contributed by atoms with Gasteiger partial charge >= 0.3 is 0 Å². The van der Waals surface area contributed by atoms with E-state index in [1.165, 1.54) is 6.07 Å². The van der Waals surface area contributed by atoms with E-state index in [1.54, 1.807) is 36.4 Å². The quantitative estimate of drug-likeness (QED) is 0.286. The minimum Gasteiger partial charge on any atom is -0.396 e. The van der Waals surface area contributed by atoms with Crippen molar-refractivity contribution in [3.05, 3.63) is 57.5 Å². The van der Waals surface area contributed by atoms with E-state index < -0.39 is 10.1 Å². The van der Waals surface area contributed by atoms with Crippen molar-refractivity contribution in [2.75, 3.05) is 5.73 Å². The van der Waals surface area contributed by atoms with Gasteiger partial charge in [0, 0.05) is 19.7 Å². The van der Waals surface area contributed by atoms with Gasteiger partial charge in [0.2, 0.25) is 0 Å². The normalized spacial score (nSPS) is 12.1. The Morgan fingerprint density at radius 2 is 1.56 bits per heavy atom. The lowest BCUT2D eigenvalue weighted by Gasteiger charge is -2.09. The highest BCUT2D eigenvalue weighted by atomic mass is 79.9. The molecule has 0 radical (unpaired) electrons. The molecule has 0 aliphatic carbocycles. The van der Waals surface area contributed by atoms with Gasteiger partial charge in [-0.1, -0.05) is 40.2 Å². The van der Waals surface area contributed by atoms with Crippen LogP contribution in [0.4, 0.5) is 17.1 Å². The predicted molar refractivity (Wildman–Crippen MR) is 104 cm³/mol. The molecule has 0 spiro atoms. The van der Waals surface area contributed by atoms with Crippen LogP contribution in [-0.4, -0.2) is 13.0 Å². The minimum atomic E-state index is -4.44. The summed E-state index contributed by atoms with van der Waals surface area (Å²) in [6.45, 7) is 0. The molecule has 3 rings (SSSR count). The molecule has 0 saturated carbocycles. The molecule has 0 fully saturated rings. The van der Waals surface area contributed by atoms with Crippen LogP contribution in [0.2, 0.25) is 0 Å². The maximum atomic E-state index is 11.7. The van der Waals surface area contributed by atoms with Crippen molar-refractivity contribution in [3.63, 3.8) is 0 Å². The van der Waals surface area contributed by atoms with Crippen molar-refractivity contribution in [2.45, 2.75) is 4.90 Å². The SMILES string of the molecule is Nc1c(/N=N/c2ccc(Br)cc2Br)cc(S(=O)(=O)O)c2ccccc12. The summed E-state index contributed by atoms with van der Waals surface area (Å²) >= 11 is 6.72. The summed E-state index contributed by atoms with van der Waals surface area (Å²) in [5.74, 6) is 0. The Balaban J connectivity index is 2.19. The summed E-state index contributed by atoms with van der Waals surface area (Å²) in [5.41, 5.74) is 7.09. The molecule has 0 atom stereocenters. The molecule has 0 heterocycles. The standard InChI is InChI=1S/C16H11Br2N3O3S/c17-9-5-6-13(12(18)7-9)20-21-14-8-15(25(22,23)24)10-3-1-2-4-11(10)16(14)19/h1-8H,19H2,(H,22,23,24)/b21-20+. The summed E-state index contributed by atoms with van der Waals surface area (Å²) in [5, 5.41) is 8.98. The van der Waals surface area contributed by atoms with E-state index in [-0.39, 0.29) is 16.3 Å². The van der Waals surface area contributed by atoms with Gasteiger partial charge in [-0.3, -0.25) is 4.55 Å². The average molecular weight is 485 g/mol. The van der Waals surface area contributed by atoms with Gasteiger partial charge in [0.25, 0.3) is 10.1 Å². The average Bonchev–Trinajstić information content (AvgIpc) is 2.54. The highest BCUT2D eigenvalue weighted by molar-refractivity contribution is 9.11. The van der Waals surface area contributed by atoms with Crippen LogP contribution in [-0.2, 0) is 10.1 Å². The van der Waals surface area contributed by atoms with Gasteiger partial charge in [0.1, 0.15) is 10.6 Å². The number of nitrogens with zero attached hydrogens (tertiary/aromatic N) is 2. The van der Waals surface area contributed by atoms with Crippen molar-refractivity contribution < 1.29 is 13.0 Å². The number of hydrogen-bond acceptors (Lipinski definition) is 5. The highest BCUT2D eigenvalue weighted by Crippen LogP contribution is 2.37. The van der Waals surface area contributed by atoms with Crippen LogP contribution in [0, 0.1) is 0 Å². The fourth-order valence-corrected chi connectivity index (χ4v) is 4.16. The Morgan fingerprint density at radius 3 is 2.20 bits per heavy atom. The third kappa shape index (κ3) is 3.74. The molecule has 0 saturated heterocycles. The maximum absolute atomic E-state index is 11.7. The summed E-state index contributed by atoms with van der Waals surface area (Å²) in [7, 11) is -4.44. The molecule has 6 nitrogen and oxygen atoms in total. The summed E-state index contributed by atoms with van der Waals surface area (Å²) < 4.78 is 34.5. The van der Waals surface area contributed by atoms with Crippen molar-refractivity contribution in [1.82, 2.24) is 0 Å². The molecular weight excluding hydrogens is 474 g/mol. The molecular formula is C16H11Br2N3O3S. The molecule has 0 aromatic heterocycles. The van der Waals surface area contributed by atoms with Crippen molar-refractivity contribution in [2.24, 2.45) is 10.2 Å². The molecule has 128 valence electrons. The smallest absolute Gasteiger partial charge is 0.295 e. The lowest BCUT2D eigenvalue weighted by Crippen LogP contribution is -2.01. The molecule has 0 aliphatic rings. The molecule has 3 aromatic rings. The van der Waals surface area contributed by atoms with E-state index >= 15 is 0 Å². The largest absolute Gasteiger partial charge is 0.396 e. The molecule has 3 aromatic carbocycles. The van der Waals surface area contributed by atoms with Gasteiger partial charge in [-0.2, -0.15) is 8.42 Å². The predicted octanol–water partition coefficient (Wildman–Crippen LogP) is 5.61. The second kappa shape index (κ2) is 6.83. The first-order valence-electron chi connectivity index (χ1n) is 6.93. The zero-order chi connectivity index (χ0) is 18.2. The monoisotopic (exact) mass is 483 g/mol. The van der Waals surface area contributed by atoms with Crippen molar-refractivity contribution in [1.29, 1.82) is 0 Å². The van der Waals surface area contributed by atoms with E-state index in [9.17, 15) is 13.0 Å². The molecule has 25 heavy (non-hydrogen) atoms. The highest BCUT2D eigenvalue weighted by Gasteiger charge is 2.18. The Hall–Kier alpha value is -1.81. The minimum absolute atomic E-state index is 0.154. The third-order valence-corrected chi connectivity index (χ3v) is 5.50. The first-order chi connectivity index (χ1) is 11.8. The first kappa shape index (κ1) is 18.0. The molecule has 0 bridgehead atoms. The van der Waals surface area contributed by atoms with Crippen molar-refractivity contribution in [3.8, 4) is 0 Å². The topological polar surface area (TPSA) is 105 Å². The Morgan fingerprint density at radius 1 is 0.920 bits per heavy atom. The number of fused-ring (bicyclic) bond motifs is 1. The maximum Gasteiger partial charge on any atom is 0.295 e. The van der Waals surface area contributed by atoms with E-state index in [0.29, 0.717) is 20.9 Å². The van der Waals surface area contributed by atoms with E-state index in [1.807, 2.05) is 6.07 Å². The molecule has 0 amide bonds. The zero-order valence-electron chi connectivity index (χ0n) is 12.5. The number of hydrogen-bond donors (Lipinski definition) is 2. The summed E-state index contributed by atoms with van der Waals surface area (Å²) in [6.07, 6.45) is 0. The summed E-state index contributed by atoms with van der Waals surface area (Å²) in [4.78, 5) is -0.263. The Kier molecular flexibility index (Phi) is 4.92. The number of azo groups is 1. The number of nitrogens with two attached hydrogens (primary N) is 1. The van der Waals surface area contributed by atoms with Crippen LogP contribution in [0.15, 0.2) is 72.6 Å². The van der Waals surface area contributed by atoms with Crippen LogP contribution < -0.4 is 5.73 Å². The van der Waals surface area contributed by atoms with Crippen LogP contribution >= 0.6 is 31.9 Å². The fourth-order valence-electron chi connectivity index (χ4n) is 2.32. The Labute approximate surface area is 160 Å². The second-order valence-electron chi connectivity index (χ2n) is 5.12. The number of nitrogen functional groups attached to an aromatic ring is 1. The van der Waals surface area contributed by atoms with Crippen LogP contribution in [0.25, 0.3) is 10.8 Å². The third-order valence-electron chi connectivity index (χ3n) is 3.48. The van der Waals surface area contributed by atoms with Crippen LogP contribution in [0.3, 0.4) is 0 Å². The molecule has 0 aliphatic heterocycles. The number of anilines is 1. The van der Waals surface area contributed by atoms with Gasteiger partial charge in [-0.25, -0.2) is 0 Å². The number of benzene rings is 3. The molecule has 3 N–H and O–H groups in total. The van der Waals surface area contributed by atoms with Crippen molar-refractivity contribution >= 4 is 69.8 Å². The fraction of sp³-hybridized carbons (Fsp3) is 0. The Bertz CT molecular complexity index is 1120. The number of rotatable bonds is 3.